The fourth-order valence-electron chi connectivity index (χ4n) is 3.72. The highest BCUT2D eigenvalue weighted by Crippen LogP contribution is 2.33. The van der Waals surface area contributed by atoms with Gasteiger partial charge in [-0.15, -0.1) is 0 Å². The van der Waals surface area contributed by atoms with Crippen LogP contribution in [0.2, 0.25) is 0 Å². The van der Waals surface area contributed by atoms with Gasteiger partial charge in [-0.1, -0.05) is 28.5 Å². The quantitative estimate of drug-likeness (QED) is 0.378. The molecule has 0 aliphatic heterocycles. The smallest absolute Gasteiger partial charge is 0.349 e. The van der Waals surface area contributed by atoms with Crippen LogP contribution in [0.5, 0.6) is 5.75 Å². The van der Waals surface area contributed by atoms with Crippen molar-refractivity contribution in [2.75, 3.05) is 7.11 Å². The number of fused-ring (bicyclic) bond motifs is 1. The fraction of sp³-hybridized carbons (Fsp3) is 0.320. The fourth-order valence-corrected chi connectivity index (χ4v) is 3.72. The van der Waals surface area contributed by atoms with Gasteiger partial charge in [-0.25, -0.2) is 4.79 Å². The Morgan fingerprint density at radius 2 is 1.97 bits per heavy atom. The Labute approximate surface area is 196 Å². The molecule has 1 aromatic heterocycles. The normalized spacial score (nSPS) is 14.5. The van der Waals surface area contributed by atoms with Crippen LogP contribution in [-0.2, 0) is 20.8 Å². The Kier molecular flexibility index (Phi) is 6.59. The van der Waals surface area contributed by atoms with Crippen molar-refractivity contribution in [3.63, 3.8) is 0 Å². The molecule has 0 saturated heterocycles. The molecule has 0 N–H and O–H groups in total. The summed E-state index contributed by atoms with van der Waals surface area (Å²) in [7, 11) is 1.31. The second-order valence-corrected chi connectivity index (χ2v) is 8.05. The summed E-state index contributed by atoms with van der Waals surface area (Å²) in [6.07, 6.45) is 0.549. The summed E-state index contributed by atoms with van der Waals surface area (Å²) in [6.45, 7) is 5.39. The summed E-state index contributed by atoms with van der Waals surface area (Å²) < 4.78 is 15.9. The Bertz CT molecular complexity index is 1290. The number of esters is 1. The number of aromatic nitrogens is 2. The van der Waals surface area contributed by atoms with Crippen LogP contribution in [0.15, 0.2) is 46.1 Å². The SMILES string of the molecule is COC(=O)C(C)O/N=C1\CCc2c1cccc2-c1noc(-c2ccc(OC(C)C)c(C#N)c2)n1. The number of carbonyl (C=O) groups is 1. The molecule has 0 radical (unpaired) electrons. The van der Waals surface area contributed by atoms with E-state index in [0.717, 1.165) is 28.8 Å². The largest absolute Gasteiger partial charge is 0.490 e. The number of rotatable bonds is 7. The van der Waals surface area contributed by atoms with E-state index in [2.05, 4.69) is 26.1 Å². The lowest BCUT2D eigenvalue weighted by Gasteiger charge is -2.11. The lowest BCUT2D eigenvalue weighted by Crippen LogP contribution is -2.20. The lowest BCUT2D eigenvalue weighted by atomic mass is 10.0. The summed E-state index contributed by atoms with van der Waals surface area (Å²) in [5.74, 6) is 0.775. The third-order valence-electron chi connectivity index (χ3n) is 5.33. The Morgan fingerprint density at radius 1 is 1.18 bits per heavy atom. The number of nitrogens with zero attached hydrogens (tertiary/aromatic N) is 4. The summed E-state index contributed by atoms with van der Waals surface area (Å²) >= 11 is 0. The number of methoxy groups -OCH3 is 1. The van der Waals surface area contributed by atoms with Gasteiger partial charge in [-0.3, -0.25) is 0 Å². The Balaban J connectivity index is 1.61. The number of ether oxygens (including phenoxy) is 2. The van der Waals surface area contributed by atoms with Gasteiger partial charge in [-0.2, -0.15) is 10.2 Å². The highest BCUT2D eigenvalue weighted by atomic mass is 16.7. The zero-order chi connectivity index (χ0) is 24.2. The maximum atomic E-state index is 11.6. The standard InChI is InChI=1S/C25H24N4O5/c1-14(2)32-22-11-8-16(12-17(22)13-26)24-27-23(29-34-24)20-7-5-6-19-18(20)9-10-21(19)28-33-15(3)25(30)31-4/h5-8,11-12,14-15H,9-10H2,1-4H3/b28-21+. The van der Waals surface area contributed by atoms with Crippen molar-refractivity contribution in [2.45, 2.75) is 45.8 Å². The molecule has 174 valence electrons. The highest BCUT2D eigenvalue weighted by Gasteiger charge is 2.25. The number of hydrogen-bond acceptors (Lipinski definition) is 9. The maximum absolute atomic E-state index is 11.6. The van der Waals surface area contributed by atoms with Crippen molar-refractivity contribution < 1.29 is 23.6 Å². The molecule has 0 amide bonds. The number of hydrogen-bond donors (Lipinski definition) is 0. The average molecular weight is 460 g/mol. The second kappa shape index (κ2) is 9.75. The molecular formula is C25H24N4O5. The van der Waals surface area contributed by atoms with Crippen LogP contribution < -0.4 is 4.74 Å². The van der Waals surface area contributed by atoms with Crippen LogP contribution in [0.3, 0.4) is 0 Å². The van der Waals surface area contributed by atoms with Gasteiger partial charge in [0.1, 0.15) is 11.8 Å². The van der Waals surface area contributed by atoms with Crippen LogP contribution in [0.4, 0.5) is 0 Å². The molecule has 1 atom stereocenters. The number of oxime groups is 1. The molecule has 0 fully saturated rings. The molecule has 0 spiro atoms. The van der Waals surface area contributed by atoms with E-state index in [4.69, 9.17) is 14.1 Å². The molecule has 1 heterocycles. The summed E-state index contributed by atoms with van der Waals surface area (Å²) in [6, 6.07) is 13.1. The van der Waals surface area contributed by atoms with Crippen molar-refractivity contribution in [2.24, 2.45) is 5.16 Å². The molecular weight excluding hydrogens is 436 g/mol. The van der Waals surface area contributed by atoms with Gasteiger partial charge < -0.3 is 18.8 Å². The van der Waals surface area contributed by atoms with E-state index < -0.39 is 12.1 Å². The van der Waals surface area contributed by atoms with Gasteiger partial charge in [0.05, 0.1) is 24.5 Å². The molecule has 9 nitrogen and oxygen atoms in total. The highest BCUT2D eigenvalue weighted by molar-refractivity contribution is 6.05. The molecule has 34 heavy (non-hydrogen) atoms. The molecule has 1 aliphatic carbocycles. The maximum Gasteiger partial charge on any atom is 0.349 e. The van der Waals surface area contributed by atoms with Crippen LogP contribution in [0.1, 0.15) is 43.9 Å². The zero-order valence-corrected chi connectivity index (χ0v) is 19.4. The summed E-state index contributed by atoms with van der Waals surface area (Å²) in [5, 5.41) is 17.8. The van der Waals surface area contributed by atoms with E-state index in [-0.39, 0.29) is 6.10 Å². The van der Waals surface area contributed by atoms with Crippen LogP contribution >= 0.6 is 0 Å². The monoisotopic (exact) mass is 460 g/mol. The molecule has 0 saturated carbocycles. The van der Waals surface area contributed by atoms with Crippen LogP contribution in [-0.4, -0.2) is 41.1 Å². The predicted octanol–water partition coefficient (Wildman–Crippen LogP) is 4.29. The molecule has 9 heteroatoms. The van der Waals surface area contributed by atoms with E-state index in [1.165, 1.54) is 7.11 Å². The van der Waals surface area contributed by atoms with Crippen molar-refractivity contribution in [3.05, 3.63) is 53.1 Å². The van der Waals surface area contributed by atoms with E-state index in [0.29, 0.717) is 35.0 Å². The van der Waals surface area contributed by atoms with Crippen molar-refractivity contribution >= 4 is 11.7 Å². The number of benzene rings is 2. The lowest BCUT2D eigenvalue weighted by molar-refractivity contribution is -0.152. The Morgan fingerprint density at radius 3 is 2.71 bits per heavy atom. The van der Waals surface area contributed by atoms with Crippen LogP contribution in [0, 0.1) is 11.3 Å². The molecule has 1 unspecified atom stereocenters. The molecule has 4 rings (SSSR count). The van der Waals surface area contributed by atoms with Crippen molar-refractivity contribution in [1.82, 2.24) is 10.1 Å². The molecule has 2 aromatic carbocycles. The number of nitriles is 1. The molecule has 3 aromatic rings. The first-order valence-corrected chi connectivity index (χ1v) is 10.9. The minimum atomic E-state index is -0.792. The van der Waals surface area contributed by atoms with E-state index >= 15 is 0 Å². The first kappa shape index (κ1) is 23.0. The third kappa shape index (κ3) is 4.62. The molecule has 1 aliphatic rings. The van der Waals surface area contributed by atoms with Gasteiger partial charge >= 0.3 is 5.97 Å². The van der Waals surface area contributed by atoms with Gasteiger partial charge in [-0.05, 0) is 57.4 Å². The molecule has 0 bridgehead atoms. The summed E-state index contributed by atoms with van der Waals surface area (Å²) in [4.78, 5) is 21.5. The van der Waals surface area contributed by atoms with Gasteiger partial charge in [0.15, 0.2) is 0 Å². The van der Waals surface area contributed by atoms with Gasteiger partial charge in [0, 0.05) is 16.7 Å². The third-order valence-corrected chi connectivity index (χ3v) is 5.33. The van der Waals surface area contributed by atoms with Crippen molar-refractivity contribution in [3.8, 4) is 34.7 Å². The predicted molar refractivity (Wildman–Crippen MR) is 123 cm³/mol. The summed E-state index contributed by atoms with van der Waals surface area (Å²) in [5.41, 5.74) is 4.55. The second-order valence-electron chi connectivity index (χ2n) is 8.05. The minimum absolute atomic E-state index is 0.0457. The Hall–Kier alpha value is -4.19. The van der Waals surface area contributed by atoms with Crippen LogP contribution in [0.25, 0.3) is 22.8 Å². The minimum Gasteiger partial charge on any atom is -0.490 e. The first-order chi connectivity index (χ1) is 16.4. The first-order valence-electron chi connectivity index (χ1n) is 10.9. The zero-order valence-electron chi connectivity index (χ0n) is 19.4. The van der Waals surface area contributed by atoms with E-state index in [1.807, 2.05) is 32.0 Å². The van der Waals surface area contributed by atoms with Gasteiger partial charge in [0.2, 0.25) is 11.9 Å². The van der Waals surface area contributed by atoms with Crippen molar-refractivity contribution in [1.29, 1.82) is 5.26 Å². The van der Waals surface area contributed by atoms with E-state index in [9.17, 15) is 10.1 Å². The number of carbonyl (C=O) groups excluding carboxylic acids is 1. The topological polar surface area (TPSA) is 120 Å². The van der Waals surface area contributed by atoms with Gasteiger partial charge in [0.25, 0.3) is 5.89 Å². The van der Waals surface area contributed by atoms with E-state index in [1.54, 1.807) is 25.1 Å². The average Bonchev–Trinajstić information content (AvgIpc) is 3.49.